The third-order valence-electron chi connectivity index (χ3n) is 3.79. The Morgan fingerprint density at radius 3 is 2.88 bits per heavy atom. The number of hydrogen-bond donors (Lipinski definition) is 2. The first-order valence-corrected chi connectivity index (χ1v) is 6.55. The zero-order chi connectivity index (χ0) is 12.2. The van der Waals surface area contributed by atoms with Gasteiger partial charge in [0.15, 0.2) is 0 Å². The number of nitrogens with one attached hydrogen (secondary N) is 1. The van der Waals surface area contributed by atoms with Gasteiger partial charge in [0, 0.05) is 6.54 Å². The summed E-state index contributed by atoms with van der Waals surface area (Å²) in [7, 11) is 0. The standard InChI is InChI=1S/C13H26N2O/c1-4-10(2)9-15-12(16)13(14)7-5-6-11(3)8-13/h10-11H,4-9,14H2,1-3H3,(H,15,16). The highest BCUT2D eigenvalue weighted by atomic mass is 16.2. The second kappa shape index (κ2) is 5.67. The van der Waals surface area contributed by atoms with Crippen LogP contribution in [0.5, 0.6) is 0 Å². The van der Waals surface area contributed by atoms with Gasteiger partial charge >= 0.3 is 0 Å². The number of nitrogens with two attached hydrogens (primary N) is 1. The van der Waals surface area contributed by atoms with Crippen LogP contribution in [0.4, 0.5) is 0 Å². The molecule has 1 aliphatic carbocycles. The van der Waals surface area contributed by atoms with Gasteiger partial charge in [0.2, 0.25) is 5.91 Å². The van der Waals surface area contributed by atoms with E-state index in [9.17, 15) is 4.79 Å². The molecule has 0 aromatic rings. The van der Waals surface area contributed by atoms with Gasteiger partial charge in [-0.3, -0.25) is 4.79 Å². The highest BCUT2D eigenvalue weighted by molar-refractivity contribution is 5.86. The second-order valence-corrected chi connectivity index (χ2v) is 5.58. The van der Waals surface area contributed by atoms with Crippen molar-refractivity contribution in [1.29, 1.82) is 0 Å². The van der Waals surface area contributed by atoms with E-state index in [-0.39, 0.29) is 5.91 Å². The third-order valence-corrected chi connectivity index (χ3v) is 3.79. The Morgan fingerprint density at radius 1 is 1.62 bits per heavy atom. The van der Waals surface area contributed by atoms with Gasteiger partial charge in [-0.1, -0.05) is 40.0 Å². The fourth-order valence-electron chi connectivity index (χ4n) is 2.39. The van der Waals surface area contributed by atoms with Gasteiger partial charge < -0.3 is 11.1 Å². The maximum atomic E-state index is 12.0. The first-order chi connectivity index (χ1) is 7.48. The van der Waals surface area contributed by atoms with Crippen molar-refractivity contribution in [2.45, 2.75) is 58.4 Å². The molecule has 3 nitrogen and oxygen atoms in total. The van der Waals surface area contributed by atoms with Gasteiger partial charge in [-0.05, 0) is 24.7 Å². The zero-order valence-corrected chi connectivity index (χ0v) is 10.9. The topological polar surface area (TPSA) is 55.1 Å². The first kappa shape index (κ1) is 13.5. The molecule has 0 heterocycles. The van der Waals surface area contributed by atoms with E-state index in [1.807, 2.05) is 0 Å². The number of hydrogen-bond acceptors (Lipinski definition) is 2. The molecule has 16 heavy (non-hydrogen) atoms. The average molecular weight is 226 g/mol. The van der Waals surface area contributed by atoms with Crippen molar-refractivity contribution in [1.82, 2.24) is 5.32 Å². The van der Waals surface area contributed by atoms with E-state index in [0.29, 0.717) is 11.8 Å². The molecule has 1 fully saturated rings. The molecule has 3 unspecified atom stereocenters. The molecule has 1 saturated carbocycles. The molecule has 1 rings (SSSR count). The normalized spacial score (nSPS) is 32.1. The molecule has 0 radical (unpaired) electrons. The number of amides is 1. The van der Waals surface area contributed by atoms with E-state index in [0.717, 1.165) is 32.2 Å². The van der Waals surface area contributed by atoms with Gasteiger partial charge in [0.1, 0.15) is 0 Å². The van der Waals surface area contributed by atoms with E-state index < -0.39 is 5.54 Å². The molecular weight excluding hydrogens is 200 g/mol. The van der Waals surface area contributed by atoms with Crippen molar-refractivity contribution in [3.8, 4) is 0 Å². The Bertz CT molecular complexity index is 242. The Labute approximate surface area is 99.2 Å². The maximum absolute atomic E-state index is 12.0. The monoisotopic (exact) mass is 226 g/mol. The van der Waals surface area contributed by atoms with Crippen molar-refractivity contribution >= 4 is 5.91 Å². The largest absolute Gasteiger partial charge is 0.354 e. The highest BCUT2D eigenvalue weighted by Crippen LogP contribution is 2.30. The van der Waals surface area contributed by atoms with Crippen LogP contribution in [0, 0.1) is 11.8 Å². The van der Waals surface area contributed by atoms with E-state index in [1.165, 1.54) is 6.42 Å². The van der Waals surface area contributed by atoms with Crippen LogP contribution >= 0.6 is 0 Å². The fourth-order valence-corrected chi connectivity index (χ4v) is 2.39. The summed E-state index contributed by atoms with van der Waals surface area (Å²) in [6.45, 7) is 7.22. The smallest absolute Gasteiger partial charge is 0.240 e. The maximum Gasteiger partial charge on any atom is 0.240 e. The van der Waals surface area contributed by atoms with Crippen LogP contribution in [-0.4, -0.2) is 18.0 Å². The van der Waals surface area contributed by atoms with Crippen molar-refractivity contribution in [2.75, 3.05) is 6.54 Å². The van der Waals surface area contributed by atoms with Crippen LogP contribution in [0.25, 0.3) is 0 Å². The van der Waals surface area contributed by atoms with Crippen molar-refractivity contribution < 1.29 is 4.79 Å². The lowest BCUT2D eigenvalue weighted by Gasteiger charge is -2.35. The van der Waals surface area contributed by atoms with Gasteiger partial charge in [-0.25, -0.2) is 0 Å². The van der Waals surface area contributed by atoms with Crippen molar-refractivity contribution in [2.24, 2.45) is 17.6 Å². The Kier molecular flexibility index (Phi) is 4.78. The summed E-state index contributed by atoms with van der Waals surface area (Å²) in [4.78, 5) is 12.0. The Hall–Kier alpha value is -0.570. The molecule has 0 saturated heterocycles. The molecule has 0 bridgehead atoms. The summed E-state index contributed by atoms with van der Waals surface area (Å²) in [5.41, 5.74) is 5.60. The lowest BCUT2D eigenvalue weighted by atomic mass is 9.76. The first-order valence-electron chi connectivity index (χ1n) is 6.55. The molecule has 3 N–H and O–H groups in total. The summed E-state index contributed by atoms with van der Waals surface area (Å²) in [5.74, 6) is 1.17. The average Bonchev–Trinajstić information content (AvgIpc) is 2.24. The molecular formula is C13H26N2O. The lowest BCUT2D eigenvalue weighted by molar-refractivity contribution is -0.128. The van der Waals surface area contributed by atoms with E-state index in [1.54, 1.807) is 0 Å². The molecule has 0 aliphatic heterocycles. The molecule has 0 spiro atoms. The van der Waals surface area contributed by atoms with Crippen LogP contribution < -0.4 is 11.1 Å². The van der Waals surface area contributed by atoms with Gasteiger partial charge in [-0.15, -0.1) is 0 Å². The quantitative estimate of drug-likeness (QED) is 0.771. The van der Waals surface area contributed by atoms with E-state index in [4.69, 9.17) is 5.73 Å². The third kappa shape index (κ3) is 3.48. The summed E-state index contributed by atoms with van der Waals surface area (Å²) in [6.07, 6.45) is 5.04. The molecule has 1 amide bonds. The molecule has 0 aromatic carbocycles. The molecule has 94 valence electrons. The Balaban J connectivity index is 2.45. The van der Waals surface area contributed by atoms with Crippen LogP contribution in [0.3, 0.4) is 0 Å². The highest BCUT2D eigenvalue weighted by Gasteiger charge is 2.37. The number of rotatable bonds is 4. The van der Waals surface area contributed by atoms with Crippen LogP contribution in [0.2, 0.25) is 0 Å². The lowest BCUT2D eigenvalue weighted by Crippen LogP contribution is -2.56. The van der Waals surface area contributed by atoms with Gasteiger partial charge in [0.25, 0.3) is 0 Å². The SMILES string of the molecule is CCC(C)CNC(=O)C1(N)CCCC(C)C1. The van der Waals surface area contributed by atoms with E-state index in [2.05, 4.69) is 26.1 Å². The molecule has 3 heteroatoms. The van der Waals surface area contributed by atoms with Crippen molar-refractivity contribution in [3.05, 3.63) is 0 Å². The van der Waals surface area contributed by atoms with Gasteiger partial charge in [-0.2, -0.15) is 0 Å². The number of carbonyl (C=O) groups is 1. The minimum Gasteiger partial charge on any atom is -0.354 e. The number of carbonyl (C=O) groups excluding carboxylic acids is 1. The summed E-state index contributed by atoms with van der Waals surface area (Å²) in [5, 5.41) is 3.00. The summed E-state index contributed by atoms with van der Waals surface area (Å²) >= 11 is 0. The molecule has 3 atom stereocenters. The summed E-state index contributed by atoms with van der Waals surface area (Å²) < 4.78 is 0. The molecule has 0 aromatic heterocycles. The Morgan fingerprint density at radius 2 is 2.31 bits per heavy atom. The van der Waals surface area contributed by atoms with Crippen LogP contribution in [0.1, 0.15) is 52.9 Å². The zero-order valence-electron chi connectivity index (χ0n) is 10.9. The predicted molar refractivity (Wildman–Crippen MR) is 67.0 cm³/mol. The second-order valence-electron chi connectivity index (χ2n) is 5.58. The fraction of sp³-hybridized carbons (Fsp3) is 0.923. The van der Waals surface area contributed by atoms with Crippen LogP contribution in [-0.2, 0) is 4.79 Å². The minimum absolute atomic E-state index is 0.0550. The van der Waals surface area contributed by atoms with E-state index >= 15 is 0 Å². The van der Waals surface area contributed by atoms with Crippen molar-refractivity contribution in [3.63, 3.8) is 0 Å². The summed E-state index contributed by atoms with van der Waals surface area (Å²) in [6, 6.07) is 0. The molecule has 1 aliphatic rings. The minimum atomic E-state index is -0.606. The van der Waals surface area contributed by atoms with Gasteiger partial charge in [0.05, 0.1) is 5.54 Å². The predicted octanol–water partition coefficient (Wildman–Crippen LogP) is 2.06. The van der Waals surface area contributed by atoms with Crippen LogP contribution in [0.15, 0.2) is 0 Å².